The summed E-state index contributed by atoms with van der Waals surface area (Å²) in [5, 5.41) is 5.14. The highest BCUT2D eigenvalue weighted by Gasteiger charge is 2.59. The molecule has 0 bridgehead atoms. The second-order valence-corrected chi connectivity index (χ2v) is 6.71. The second kappa shape index (κ2) is 6.69. The highest BCUT2D eigenvalue weighted by Crippen LogP contribution is 2.54. The maximum Gasteiger partial charge on any atom is 0.319 e. The molecule has 5 rings (SSSR count). The van der Waals surface area contributed by atoms with E-state index in [9.17, 15) is 13.6 Å². The number of fused-ring (bicyclic) bond motifs is 3. The molecule has 146 valence electrons. The zero-order valence-electron chi connectivity index (χ0n) is 14.8. The van der Waals surface area contributed by atoms with Gasteiger partial charge in [-0.1, -0.05) is 0 Å². The molecule has 2 heterocycles. The van der Waals surface area contributed by atoms with Crippen LogP contribution in [-0.2, 0) is 0 Å². The van der Waals surface area contributed by atoms with Gasteiger partial charge in [-0.15, -0.1) is 0 Å². The molecule has 2 aliphatic rings. The van der Waals surface area contributed by atoms with E-state index in [1.807, 2.05) is 12.1 Å². The number of ether oxygens (including phenoxy) is 2. The Bertz CT molecular complexity index is 1100. The number of benzene rings is 2. The minimum absolute atomic E-state index is 0.0252. The SMILES string of the molecule is O=C(Nc1ccc(F)cc1F)NC1C2Oc3ccc(Oc4ccncn4)cc3C12. The number of amides is 2. The predicted molar refractivity (Wildman–Crippen MR) is 98.0 cm³/mol. The molecular formula is C20H14F2N4O3. The van der Waals surface area contributed by atoms with Crippen molar-refractivity contribution in [2.24, 2.45) is 0 Å². The highest BCUT2D eigenvalue weighted by atomic mass is 19.1. The molecule has 0 radical (unpaired) electrons. The third kappa shape index (κ3) is 3.31. The van der Waals surface area contributed by atoms with Gasteiger partial charge in [0.25, 0.3) is 0 Å². The molecule has 2 N–H and O–H groups in total. The minimum atomic E-state index is -0.843. The molecule has 0 spiro atoms. The average Bonchev–Trinajstić information content (AvgIpc) is 3.22. The predicted octanol–water partition coefficient (Wildman–Crippen LogP) is 3.60. The largest absolute Gasteiger partial charge is 0.487 e. The summed E-state index contributed by atoms with van der Waals surface area (Å²) in [5.74, 6) is 0.164. The lowest BCUT2D eigenvalue weighted by molar-refractivity contribution is 0.246. The number of hydrogen-bond donors (Lipinski definition) is 2. The number of aromatic nitrogens is 2. The Balaban J connectivity index is 1.25. The molecule has 1 fully saturated rings. The van der Waals surface area contributed by atoms with E-state index >= 15 is 0 Å². The Morgan fingerprint density at radius 3 is 2.83 bits per heavy atom. The molecule has 29 heavy (non-hydrogen) atoms. The fourth-order valence-corrected chi connectivity index (χ4v) is 3.44. The van der Waals surface area contributed by atoms with Gasteiger partial charge in [-0.2, -0.15) is 0 Å². The molecule has 0 saturated heterocycles. The third-order valence-electron chi connectivity index (χ3n) is 4.81. The van der Waals surface area contributed by atoms with Gasteiger partial charge in [0.05, 0.1) is 17.6 Å². The first-order valence-electron chi connectivity index (χ1n) is 8.85. The number of hydrogen-bond acceptors (Lipinski definition) is 5. The van der Waals surface area contributed by atoms with E-state index in [0.717, 1.165) is 17.4 Å². The van der Waals surface area contributed by atoms with Crippen LogP contribution in [0.5, 0.6) is 17.4 Å². The molecule has 3 atom stereocenters. The summed E-state index contributed by atoms with van der Waals surface area (Å²) in [6, 6.07) is 9.19. The Morgan fingerprint density at radius 2 is 2.03 bits per heavy atom. The van der Waals surface area contributed by atoms with Crippen LogP contribution >= 0.6 is 0 Å². The van der Waals surface area contributed by atoms with Crippen molar-refractivity contribution in [3.63, 3.8) is 0 Å². The van der Waals surface area contributed by atoms with Crippen molar-refractivity contribution in [3.05, 3.63) is 72.2 Å². The van der Waals surface area contributed by atoms with Gasteiger partial charge >= 0.3 is 6.03 Å². The van der Waals surface area contributed by atoms with Crippen LogP contribution in [0, 0.1) is 11.6 Å². The van der Waals surface area contributed by atoms with Gasteiger partial charge in [0.15, 0.2) is 0 Å². The lowest BCUT2D eigenvalue weighted by Gasteiger charge is -2.12. The summed E-state index contributed by atoms with van der Waals surface area (Å²) in [6.07, 6.45) is 2.78. The molecular weight excluding hydrogens is 382 g/mol. The molecule has 3 aromatic rings. The summed E-state index contributed by atoms with van der Waals surface area (Å²) in [6.45, 7) is 0. The fraction of sp³-hybridized carbons (Fsp3) is 0.150. The zero-order chi connectivity index (χ0) is 20.0. The van der Waals surface area contributed by atoms with E-state index in [1.165, 1.54) is 12.4 Å². The summed E-state index contributed by atoms with van der Waals surface area (Å²) in [5.41, 5.74) is 0.816. The summed E-state index contributed by atoms with van der Waals surface area (Å²) in [4.78, 5) is 20.0. The Hall–Kier alpha value is -3.75. The monoisotopic (exact) mass is 396 g/mol. The lowest BCUT2D eigenvalue weighted by atomic mass is 10.1. The first kappa shape index (κ1) is 17.4. The van der Waals surface area contributed by atoms with Gasteiger partial charge in [0.2, 0.25) is 5.88 Å². The Labute approximate surface area is 163 Å². The second-order valence-electron chi connectivity index (χ2n) is 6.71. The normalized spacial score (nSPS) is 20.8. The van der Waals surface area contributed by atoms with Gasteiger partial charge in [-0.3, -0.25) is 0 Å². The van der Waals surface area contributed by atoms with Crippen molar-refractivity contribution < 1.29 is 23.0 Å². The number of rotatable bonds is 4. The molecule has 2 aromatic carbocycles. The van der Waals surface area contributed by atoms with Crippen LogP contribution in [-0.4, -0.2) is 28.1 Å². The quantitative estimate of drug-likeness (QED) is 0.704. The number of halogens is 2. The van der Waals surface area contributed by atoms with E-state index in [0.29, 0.717) is 17.7 Å². The molecule has 3 unspecified atom stereocenters. The summed E-state index contributed by atoms with van der Waals surface area (Å²) in [7, 11) is 0. The van der Waals surface area contributed by atoms with E-state index in [1.54, 1.807) is 18.3 Å². The van der Waals surface area contributed by atoms with Gasteiger partial charge in [-0.05, 0) is 30.3 Å². The van der Waals surface area contributed by atoms with Crippen LogP contribution < -0.4 is 20.1 Å². The number of urea groups is 1. The van der Waals surface area contributed by atoms with Crippen molar-refractivity contribution in [1.29, 1.82) is 0 Å². The molecule has 1 aliphatic carbocycles. The van der Waals surface area contributed by atoms with Crippen LogP contribution in [0.25, 0.3) is 0 Å². The standard InChI is InChI=1S/C20H14F2N4O3/c21-10-1-3-14(13(22)7-10)25-20(27)26-18-17-12-8-11(2-4-15(12)29-19(17)18)28-16-5-6-23-9-24-16/h1-9,17-19H,(H2,25,26,27). The number of anilines is 1. The number of nitrogens with zero attached hydrogens (tertiary/aromatic N) is 2. The minimum Gasteiger partial charge on any atom is -0.487 e. The molecule has 9 heteroatoms. The van der Waals surface area contributed by atoms with Gasteiger partial charge < -0.3 is 20.1 Å². The summed E-state index contributed by atoms with van der Waals surface area (Å²) < 4.78 is 38.2. The maximum absolute atomic E-state index is 13.7. The van der Waals surface area contributed by atoms with Crippen LogP contribution in [0.4, 0.5) is 19.3 Å². The molecule has 2 amide bonds. The average molecular weight is 396 g/mol. The van der Waals surface area contributed by atoms with Crippen molar-refractivity contribution in [2.45, 2.75) is 18.1 Å². The van der Waals surface area contributed by atoms with Crippen LogP contribution in [0.3, 0.4) is 0 Å². The van der Waals surface area contributed by atoms with E-state index in [4.69, 9.17) is 9.47 Å². The maximum atomic E-state index is 13.7. The smallest absolute Gasteiger partial charge is 0.319 e. The molecule has 7 nitrogen and oxygen atoms in total. The van der Waals surface area contributed by atoms with Gasteiger partial charge in [-0.25, -0.2) is 23.5 Å². The van der Waals surface area contributed by atoms with E-state index in [-0.39, 0.29) is 23.8 Å². The van der Waals surface area contributed by atoms with Crippen molar-refractivity contribution >= 4 is 11.7 Å². The van der Waals surface area contributed by atoms with Crippen LogP contribution in [0.1, 0.15) is 11.5 Å². The molecule has 1 saturated carbocycles. The van der Waals surface area contributed by atoms with Crippen molar-refractivity contribution in [2.75, 3.05) is 5.32 Å². The Morgan fingerprint density at radius 1 is 1.14 bits per heavy atom. The molecule has 1 aromatic heterocycles. The topological polar surface area (TPSA) is 85.4 Å². The first-order valence-corrected chi connectivity index (χ1v) is 8.85. The van der Waals surface area contributed by atoms with Crippen molar-refractivity contribution in [3.8, 4) is 17.4 Å². The van der Waals surface area contributed by atoms with Crippen LogP contribution in [0.15, 0.2) is 55.0 Å². The zero-order valence-corrected chi connectivity index (χ0v) is 14.8. The summed E-state index contributed by atoms with van der Waals surface area (Å²) >= 11 is 0. The Kier molecular flexibility index (Phi) is 4.01. The van der Waals surface area contributed by atoms with E-state index in [2.05, 4.69) is 20.6 Å². The third-order valence-corrected chi connectivity index (χ3v) is 4.81. The molecule has 1 aliphatic heterocycles. The van der Waals surface area contributed by atoms with Crippen LogP contribution in [0.2, 0.25) is 0 Å². The number of nitrogens with one attached hydrogen (secondary N) is 2. The lowest BCUT2D eigenvalue weighted by Crippen LogP contribution is -2.34. The van der Waals surface area contributed by atoms with E-state index < -0.39 is 17.7 Å². The number of carbonyl (C=O) groups is 1. The van der Waals surface area contributed by atoms with Gasteiger partial charge in [0.1, 0.15) is 35.6 Å². The number of carbonyl (C=O) groups excluding carboxylic acids is 1. The fourth-order valence-electron chi connectivity index (χ4n) is 3.44. The first-order chi connectivity index (χ1) is 14.1. The highest BCUT2D eigenvalue weighted by molar-refractivity contribution is 5.90. The van der Waals surface area contributed by atoms with Crippen molar-refractivity contribution in [1.82, 2.24) is 15.3 Å². The van der Waals surface area contributed by atoms with Gasteiger partial charge in [0, 0.05) is 23.9 Å².